The summed E-state index contributed by atoms with van der Waals surface area (Å²) in [5, 5.41) is 3.94. The van der Waals surface area contributed by atoms with Crippen LogP contribution in [0.2, 0.25) is 5.15 Å². The number of anilines is 1. The molecule has 1 aromatic heterocycles. The lowest BCUT2D eigenvalue weighted by Gasteiger charge is -2.33. The minimum absolute atomic E-state index is 0.274. The molecule has 2 rings (SSSR count). The van der Waals surface area contributed by atoms with E-state index >= 15 is 0 Å². The molecular formula is C13H20ClN3O. The molecule has 0 aromatic carbocycles. The third-order valence-electron chi connectivity index (χ3n) is 3.58. The number of aromatic nitrogens is 2. The summed E-state index contributed by atoms with van der Waals surface area (Å²) in [7, 11) is 0. The zero-order valence-electron chi connectivity index (χ0n) is 11.2. The van der Waals surface area contributed by atoms with Crippen LogP contribution in [-0.4, -0.2) is 29.7 Å². The van der Waals surface area contributed by atoms with Crippen molar-refractivity contribution in [2.75, 3.05) is 25.1 Å². The summed E-state index contributed by atoms with van der Waals surface area (Å²) in [6.07, 6.45) is 2.16. The molecule has 0 atom stereocenters. The molecule has 1 aliphatic heterocycles. The maximum absolute atomic E-state index is 6.06. The van der Waals surface area contributed by atoms with Gasteiger partial charge in [-0.3, -0.25) is 0 Å². The second-order valence-electron chi connectivity index (χ2n) is 5.31. The second kappa shape index (κ2) is 5.41. The summed E-state index contributed by atoms with van der Waals surface area (Å²) in [5.41, 5.74) is 1.19. The van der Waals surface area contributed by atoms with Crippen LogP contribution in [0.4, 0.5) is 5.82 Å². The van der Waals surface area contributed by atoms with E-state index in [1.165, 1.54) is 0 Å². The lowest BCUT2D eigenvalue weighted by Crippen LogP contribution is -2.33. The van der Waals surface area contributed by atoms with Crippen LogP contribution in [0.1, 0.15) is 31.2 Å². The van der Waals surface area contributed by atoms with E-state index in [1.54, 1.807) is 0 Å². The Hall–Kier alpha value is -0.870. The number of aryl methyl sites for hydroxylation is 1. The molecule has 0 spiro atoms. The van der Waals surface area contributed by atoms with Crippen molar-refractivity contribution < 1.29 is 4.74 Å². The predicted octanol–water partition coefficient (Wildman–Crippen LogP) is 2.98. The maximum Gasteiger partial charge on any atom is 0.137 e. The van der Waals surface area contributed by atoms with Gasteiger partial charge in [0.15, 0.2) is 0 Å². The third kappa shape index (κ3) is 3.12. The van der Waals surface area contributed by atoms with Crippen molar-refractivity contribution in [3.8, 4) is 0 Å². The predicted molar refractivity (Wildman–Crippen MR) is 73.2 cm³/mol. The smallest absolute Gasteiger partial charge is 0.137 e. The highest BCUT2D eigenvalue weighted by atomic mass is 35.5. The molecule has 0 amide bonds. The lowest BCUT2D eigenvalue weighted by molar-refractivity contribution is 0.0299. The summed E-state index contributed by atoms with van der Waals surface area (Å²) in [6, 6.07) is 0. The minimum atomic E-state index is 0.274. The summed E-state index contributed by atoms with van der Waals surface area (Å²) < 4.78 is 5.40. The zero-order chi connectivity index (χ0) is 13.2. The van der Waals surface area contributed by atoms with Gasteiger partial charge >= 0.3 is 0 Å². The molecular weight excluding hydrogens is 250 g/mol. The Morgan fingerprint density at radius 3 is 2.61 bits per heavy atom. The van der Waals surface area contributed by atoms with Crippen LogP contribution in [0.3, 0.4) is 0 Å². The molecule has 0 bridgehead atoms. The van der Waals surface area contributed by atoms with E-state index in [1.807, 2.05) is 13.8 Å². The molecule has 1 aromatic rings. The van der Waals surface area contributed by atoms with Gasteiger partial charge in [-0.25, -0.2) is 9.97 Å². The number of ether oxygens (including phenoxy) is 1. The Morgan fingerprint density at radius 1 is 1.28 bits per heavy atom. The summed E-state index contributed by atoms with van der Waals surface area (Å²) >= 11 is 6.06. The van der Waals surface area contributed by atoms with Crippen LogP contribution in [0, 0.1) is 19.3 Å². The Morgan fingerprint density at radius 2 is 1.94 bits per heavy atom. The molecule has 0 aliphatic carbocycles. The van der Waals surface area contributed by atoms with E-state index in [-0.39, 0.29) is 5.41 Å². The normalized spacial score (nSPS) is 18.7. The van der Waals surface area contributed by atoms with Crippen LogP contribution in [0.25, 0.3) is 0 Å². The van der Waals surface area contributed by atoms with Crippen LogP contribution < -0.4 is 5.32 Å². The standard InChI is InChI=1S/C13H20ClN3O/c1-9-11(14)16-10(2)17-12(9)15-8-13(3)4-6-18-7-5-13/h4-8H2,1-3H3,(H,15,16,17). The first kappa shape index (κ1) is 13.6. The van der Waals surface area contributed by atoms with Gasteiger partial charge in [-0.15, -0.1) is 0 Å². The van der Waals surface area contributed by atoms with Crippen LogP contribution in [0.5, 0.6) is 0 Å². The Kier molecular flexibility index (Phi) is 4.07. The first-order valence-corrected chi connectivity index (χ1v) is 6.70. The molecule has 1 N–H and O–H groups in total. The van der Waals surface area contributed by atoms with Crippen LogP contribution in [-0.2, 0) is 4.74 Å². The number of hydrogen-bond acceptors (Lipinski definition) is 4. The van der Waals surface area contributed by atoms with Crippen LogP contribution >= 0.6 is 11.6 Å². The summed E-state index contributed by atoms with van der Waals surface area (Å²) in [6.45, 7) is 8.67. The molecule has 0 radical (unpaired) electrons. The molecule has 1 saturated heterocycles. The Labute approximate surface area is 113 Å². The zero-order valence-corrected chi connectivity index (χ0v) is 12.0. The van der Waals surface area contributed by atoms with Gasteiger partial charge in [0.2, 0.25) is 0 Å². The van der Waals surface area contributed by atoms with E-state index in [0.717, 1.165) is 44.0 Å². The fourth-order valence-corrected chi connectivity index (χ4v) is 2.32. The number of halogens is 1. The van der Waals surface area contributed by atoms with Gasteiger partial charge in [0.1, 0.15) is 16.8 Å². The monoisotopic (exact) mass is 269 g/mol. The second-order valence-corrected chi connectivity index (χ2v) is 5.67. The lowest BCUT2D eigenvalue weighted by atomic mass is 9.82. The molecule has 0 unspecified atom stereocenters. The average molecular weight is 270 g/mol. The van der Waals surface area contributed by atoms with Crippen LogP contribution in [0.15, 0.2) is 0 Å². The molecule has 0 saturated carbocycles. The summed E-state index contributed by atoms with van der Waals surface area (Å²) in [4.78, 5) is 8.55. The first-order valence-electron chi connectivity index (χ1n) is 6.32. The van der Waals surface area contributed by atoms with Crippen molar-refractivity contribution >= 4 is 17.4 Å². The van der Waals surface area contributed by atoms with E-state index in [2.05, 4.69) is 22.2 Å². The molecule has 1 fully saturated rings. The Bertz CT molecular complexity index is 430. The van der Waals surface area contributed by atoms with E-state index < -0.39 is 0 Å². The molecule has 1 aliphatic rings. The number of nitrogens with one attached hydrogen (secondary N) is 1. The fraction of sp³-hybridized carbons (Fsp3) is 0.692. The van der Waals surface area contributed by atoms with Crippen molar-refractivity contribution in [1.82, 2.24) is 9.97 Å². The Balaban J connectivity index is 2.05. The van der Waals surface area contributed by atoms with Crippen molar-refractivity contribution in [2.45, 2.75) is 33.6 Å². The SMILES string of the molecule is Cc1nc(Cl)c(C)c(NCC2(C)CCOCC2)n1. The molecule has 5 heteroatoms. The average Bonchev–Trinajstić information content (AvgIpc) is 2.33. The van der Waals surface area contributed by atoms with Gasteiger partial charge < -0.3 is 10.1 Å². The third-order valence-corrected chi connectivity index (χ3v) is 3.95. The molecule has 2 heterocycles. The van der Waals surface area contributed by atoms with Gasteiger partial charge in [0, 0.05) is 25.3 Å². The first-order chi connectivity index (χ1) is 8.50. The molecule has 100 valence electrons. The minimum Gasteiger partial charge on any atom is -0.381 e. The van der Waals surface area contributed by atoms with Crippen molar-refractivity contribution in [1.29, 1.82) is 0 Å². The largest absolute Gasteiger partial charge is 0.381 e. The van der Waals surface area contributed by atoms with Gasteiger partial charge in [-0.2, -0.15) is 0 Å². The van der Waals surface area contributed by atoms with Gasteiger partial charge in [-0.1, -0.05) is 18.5 Å². The fourth-order valence-electron chi connectivity index (χ4n) is 2.10. The molecule has 4 nitrogen and oxygen atoms in total. The van der Waals surface area contributed by atoms with Gasteiger partial charge in [-0.05, 0) is 32.1 Å². The van der Waals surface area contributed by atoms with Gasteiger partial charge in [0.05, 0.1) is 0 Å². The maximum atomic E-state index is 6.06. The van der Waals surface area contributed by atoms with E-state index in [4.69, 9.17) is 16.3 Å². The highest BCUT2D eigenvalue weighted by Gasteiger charge is 2.27. The van der Waals surface area contributed by atoms with E-state index in [0.29, 0.717) is 11.0 Å². The van der Waals surface area contributed by atoms with Crippen molar-refractivity contribution in [3.05, 3.63) is 16.5 Å². The highest BCUT2D eigenvalue weighted by molar-refractivity contribution is 6.30. The van der Waals surface area contributed by atoms with E-state index in [9.17, 15) is 0 Å². The molecule has 18 heavy (non-hydrogen) atoms. The van der Waals surface area contributed by atoms with Crippen molar-refractivity contribution in [2.24, 2.45) is 5.41 Å². The van der Waals surface area contributed by atoms with Crippen molar-refractivity contribution in [3.63, 3.8) is 0 Å². The van der Waals surface area contributed by atoms with Gasteiger partial charge in [0.25, 0.3) is 0 Å². The number of hydrogen-bond donors (Lipinski definition) is 1. The quantitative estimate of drug-likeness (QED) is 0.857. The topological polar surface area (TPSA) is 47.0 Å². The number of rotatable bonds is 3. The summed E-state index contributed by atoms with van der Waals surface area (Å²) in [5.74, 6) is 1.55. The highest BCUT2D eigenvalue weighted by Crippen LogP contribution is 2.30. The number of nitrogens with zero attached hydrogens (tertiary/aromatic N) is 2.